The van der Waals surface area contributed by atoms with Crippen molar-refractivity contribution in [3.8, 4) is 5.69 Å². The molecule has 0 saturated carbocycles. The maximum Gasteiger partial charge on any atom is 0.211 e. The Morgan fingerprint density at radius 2 is 1.93 bits per heavy atom. The number of anilines is 1. The summed E-state index contributed by atoms with van der Waals surface area (Å²) < 4.78 is 26.6. The van der Waals surface area contributed by atoms with E-state index in [1.165, 1.54) is 10.6 Å². The lowest BCUT2D eigenvalue weighted by Gasteiger charge is -2.33. The Bertz CT molecular complexity index is 1160. The largest absolute Gasteiger partial charge is 0.368 e. The highest BCUT2D eigenvalue weighted by atomic mass is 35.5. The van der Waals surface area contributed by atoms with Crippen LogP contribution in [0.2, 0.25) is 5.02 Å². The minimum atomic E-state index is -3.11. The molecule has 160 valence electrons. The molecule has 0 atom stereocenters. The van der Waals surface area contributed by atoms with Gasteiger partial charge in [0.25, 0.3) is 0 Å². The van der Waals surface area contributed by atoms with Crippen LogP contribution in [-0.2, 0) is 10.0 Å². The van der Waals surface area contributed by atoms with Gasteiger partial charge in [0.05, 0.1) is 23.5 Å². The normalized spacial score (nSPS) is 16.2. The number of rotatable bonds is 6. The van der Waals surface area contributed by atoms with E-state index in [0.717, 1.165) is 36.5 Å². The second kappa shape index (κ2) is 8.46. The van der Waals surface area contributed by atoms with E-state index in [1.807, 2.05) is 31.2 Å². The zero-order valence-electron chi connectivity index (χ0n) is 16.9. The molecule has 0 amide bonds. The number of nitrogens with zero attached hydrogens (tertiary/aromatic N) is 6. The maximum atomic E-state index is 11.6. The number of nitrogens with one attached hydrogen (secondary N) is 1. The van der Waals surface area contributed by atoms with Crippen molar-refractivity contribution in [2.24, 2.45) is 0 Å². The number of hydrogen-bond donors (Lipinski definition) is 1. The van der Waals surface area contributed by atoms with Gasteiger partial charge < -0.3 is 5.32 Å². The van der Waals surface area contributed by atoms with Crippen molar-refractivity contribution < 1.29 is 8.42 Å². The third kappa shape index (κ3) is 4.56. The van der Waals surface area contributed by atoms with Gasteiger partial charge in [0.1, 0.15) is 11.6 Å². The van der Waals surface area contributed by atoms with E-state index in [0.29, 0.717) is 36.1 Å². The fourth-order valence-corrected chi connectivity index (χ4v) is 4.58. The predicted molar refractivity (Wildman–Crippen MR) is 118 cm³/mol. The molecule has 2 aromatic heterocycles. The van der Waals surface area contributed by atoms with Gasteiger partial charge in [0, 0.05) is 44.3 Å². The average molecular weight is 450 g/mol. The first kappa shape index (κ1) is 21.0. The van der Waals surface area contributed by atoms with Gasteiger partial charge in [0.2, 0.25) is 10.0 Å². The molecule has 4 rings (SSSR count). The van der Waals surface area contributed by atoms with Crippen molar-refractivity contribution in [1.29, 1.82) is 0 Å². The van der Waals surface area contributed by atoms with Crippen LogP contribution in [-0.4, -0.2) is 82.9 Å². The number of aryl methyl sites for hydroxylation is 1. The summed E-state index contributed by atoms with van der Waals surface area (Å²) in [7, 11) is -3.11. The van der Waals surface area contributed by atoms with Crippen LogP contribution < -0.4 is 5.32 Å². The third-order valence-electron chi connectivity index (χ3n) is 5.11. The van der Waals surface area contributed by atoms with E-state index in [-0.39, 0.29) is 0 Å². The van der Waals surface area contributed by atoms with Crippen LogP contribution in [0.1, 0.15) is 5.82 Å². The fraction of sp³-hybridized carbons (Fsp3) is 0.421. The summed E-state index contributed by atoms with van der Waals surface area (Å²) in [4.78, 5) is 11.4. The summed E-state index contributed by atoms with van der Waals surface area (Å²) in [5.41, 5.74) is 1.55. The number of fused-ring (bicyclic) bond motifs is 1. The molecule has 1 N–H and O–H groups in total. The second-order valence-corrected chi connectivity index (χ2v) is 9.74. The van der Waals surface area contributed by atoms with Crippen molar-refractivity contribution in [1.82, 2.24) is 29.0 Å². The summed E-state index contributed by atoms with van der Waals surface area (Å²) >= 11 is 6.12. The molecule has 0 bridgehead atoms. The molecule has 11 heteroatoms. The topological polar surface area (TPSA) is 96.3 Å². The smallest absolute Gasteiger partial charge is 0.211 e. The quantitative estimate of drug-likeness (QED) is 0.612. The molecule has 0 aliphatic carbocycles. The highest BCUT2D eigenvalue weighted by Gasteiger charge is 2.23. The Morgan fingerprint density at radius 1 is 1.17 bits per heavy atom. The Kier molecular flexibility index (Phi) is 5.92. The first-order valence-corrected chi connectivity index (χ1v) is 11.9. The summed E-state index contributed by atoms with van der Waals surface area (Å²) in [6.45, 7) is 5.84. The molecule has 1 saturated heterocycles. The first-order valence-electron chi connectivity index (χ1n) is 9.71. The number of hydrogen-bond acceptors (Lipinski definition) is 7. The minimum Gasteiger partial charge on any atom is -0.368 e. The Hall–Kier alpha value is -2.27. The number of benzene rings is 1. The molecule has 1 aromatic carbocycles. The lowest BCUT2D eigenvalue weighted by atomic mass is 10.3. The van der Waals surface area contributed by atoms with Gasteiger partial charge in [-0.15, -0.1) is 0 Å². The summed E-state index contributed by atoms with van der Waals surface area (Å²) in [5, 5.41) is 9.34. The number of sulfonamides is 1. The summed E-state index contributed by atoms with van der Waals surface area (Å²) in [6.07, 6.45) is 3.01. The Balaban J connectivity index is 1.45. The van der Waals surface area contributed by atoms with Crippen LogP contribution in [0.4, 0.5) is 5.82 Å². The molecule has 3 aromatic rings. The van der Waals surface area contributed by atoms with E-state index < -0.39 is 10.0 Å². The van der Waals surface area contributed by atoms with Gasteiger partial charge in [0.15, 0.2) is 5.65 Å². The minimum absolute atomic E-state index is 0.530. The van der Waals surface area contributed by atoms with Gasteiger partial charge >= 0.3 is 0 Å². The van der Waals surface area contributed by atoms with Crippen molar-refractivity contribution in [3.63, 3.8) is 0 Å². The zero-order chi connectivity index (χ0) is 21.3. The zero-order valence-corrected chi connectivity index (χ0v) is 18.5. The molecule has 0 spiro atoms. The van der Waals surface area contributed by atoms with E-state index in [9.17, 15) is 8.42 Å². The van der Waals surface area contributed by atoms with E-state index in [2.05, 4.69) is 25.3 Å². The van der Waals surface area contributed by atoms with Crippen molar-refractivity contribution in [3.05, 3.63) is 41.3 Å². The maximum absolute atomic E-state index is 11.6. The van der Waals surface area contributed by atoms with Gasteiger partial charge in [-0.05, 0) is 25.1 Å². The van der Waals surface area contributed by atoms with Crippen LogP contribution in [0, 0.1) is 6.92 Å². The highest BCUT2D eigenvalue weighted by Crippen LogP contribution is 2.24. The lowest BCUT2D eigenvalue weighted by molar-refractivity contribution is 0.195. The molecule has 30 heavy (non-hydrogen) atoms. The average Bonchev–Trinajstić information content (AvgIpc) is 3.11. The van der Waals surface area contributed by atoms with Crippen LogP contribution in [0.5, 0.6) is 0 Å². The molecule has 1 aliphatic rings. The second-order valence-electron chi connectivity index (χ2n) is 7.32. The van der Waals surface area contributed by atoms with E-state index in [1.54, 1.807) is 10.9 Å². The molecule has 3 heterocycles. The number of aromatic nitrogens is 4. The van der Waals surface area contributed by atoms with Crippen molar-refractivity contribution in [2.75, 3.05) is 50.8 Å². The highest BCUT2D eigenvalue weighted by molar-refractivity contribution is 7.88. The molecule has 1 aliphatic heterocycles. The Labute approximate surface area is 180 Å². The Morgan fingerprint density at radius 3 is 2.63 bits per heavy atom. The predicted octanol–water partition coefficient (Wildman–Crippen LogP) is 1.77. The van der Waals surface area contributed by atoms with Crippen LogP contribution in [0.15, 0.2) is 30.5 Å². The third-order valence-corrected chi connectivity index (χ3v) is 6.65. The van der Waals surface area contributed by atoms with Crippen LogP contribution in [0.3, 0.4) is 0 Å². The number of halogens is 1. The molecule has 9 nitrogen and oxygen atoms in total. The lowest BCUT2D eigenvalue weighted by Crippen LogP contribution is -2.49. The fourth-order valence-electron chi connectivity index (χ4n) is 3.57. The van der Waals surface area contributed by atoms with Gasteiger partial charge in [-0.3, -0.25) is 4.90 Å². The molecular formula is C19H24ClN7O2S. The monoisotopic (exact) mass is 449 g/mol. The van der Waals surface area contributed by atoms with Crippen molar-refractivity contribution >= 4 is 38.5 Å². The summed E-state index contributed by atoms with van der Waals surface area (Å²) in [5.74, 6) is 1.39. The standard InChI is InChI=1S/C19H24ClN7O2S/c1-14-23-18(21-6-7-25-8-10-26(11-9-25)30(2,28)29)17-13-22-27(19(17)24-14)16-5-3-4-15(20)12-16/h3-5,12-13H,6-11H2,1-2H3,(H,21,23,24). The van der Waals surface area contributed by atoms with Crippen LogP contribution >= 0.6 is 11.6 Å². The van der Waals surface area contributed by atoms with Gasteiger partial charge in [-0.25, -0.2) is 23.1 Å². The molecule has 0 unspecified atom stereocenters. The first-order chi connectivity index (χ1) is 14.3. The van der Waals surface area contributed by atoms with Crippen LogP contribution in [0.25, 0.3) is 16.7 Å². The van der Waals surface area contributed by atoms with Gasteiger partial charge in [-0.2, -0.15) is 9.40 Å². The van der Waals surface area contributed by atoms with E-state index >= 15 is 0 Å². The SMILES string of the molecule is Cc1nc(NCCN2CCN(S(C)(=O)=O)CC2)c2cnn(-c3cccc(Cl)c3)c2n1. The van der Waals surface area contributed by atoms with Gasteiger partial charge in [-0.1, -0.05) is 17.7 Å². The molecule has 1 fully saturated rings. The molecule has 0 radical (unpaired) electrons. The molecular weight excluding hydrogens is 426 g/mol. The van der Waals surface area contributed by atoms with Crippen molar-refractivity contribution in [2.45, 2.75) is 6.92 Å². The van der Waals surface area contributed by atoms with E-state index in [4.69, 9.17) is 11.6 Å². The number of piperazine rings is 1. The summed E-state index contributed by atoms with van der Waals surface area (Å²) in [6, 6.07) is 7.47.